The van der Waals surface area contributed by atoms with Gasteiger partial charge in [0.1, 0.15) is 0 Å². The molecule has 1 amide bonds. The molecule has 0 saturated heterocycles. The Kier molecular flexibility index (Phi) is 4.24. The third-order valence-electron chi connectivity index (χ3n) is 3.92. The maximum Gasteiger partial charge on any atom is 0.261 e. The number of amides is 1. The smallest absolute Gasteiger partial charge is 0.261 e. The molecule has 0 bridgehead atoms. The van der Waals surface area contributed by atoms with E-state index < -0.39 is 37.2 Å². The highest BCUT2D eigenvalue weighted by atomic mass is 35.5. The summed E-state index contributed by atoms with van der Waals surface area (Å²) in [6.45, 7) is 0.277. The summed E-state index contributed by atoms with van der Waals surface area (Å²) >= 11 is 5.71. The van der Waals surface area contributed by atoms with Crippen molar-refractivity contribution in [2.24, 2.45) is 5.14 Å². The molecule has 2 aromatic rings. The second-order valence-electron chi connectivity index (χ2n) is 5.47. The molecule has 25 heavy (non-hydrogen) atoms. The van der Waals surface area contributed by atoms with Crippen LogP contribution < -0.4 is 10.0 Å². The van der Waals surface area contributed by atoms with Crippen LogP contribution in [0, 0.1) is 17.1 Å². The van der Waals surface area contributed by atoms with Crippen LogP contribution in [-0.4, -0.2) is 20.9 Å². The highest BCUT2D eigenvalue weighted by molar-refractivity contribution is 7.89. The van der Waals surface area contributed by atoms with E-state index in [0.29, 0.717) is 17.7 Å². The van der Waals surface area contributed by atoms with Crippen molar-refractivity contribution in [3.05, 3.63) is 57.9 Å². The van der Waals surface area contributed by atoms with E-state index in [1.807, 2.05) is 6.07 Å². The first kappa shape index (κ1) is 17.4. The van der Waals surface area contributed by atoms with E-state index in [4.69, 9.17) is 22.0 Å². The summed E-state index contributed by atoms with van der Waals surface area (Å²) in [7, 11) is -4.16. The molecule has 1 aliphatic rings. The van der Waals surface area contributed by atoms with Gasteiger partial charge in [0.05, 0.1) is 27.1 Å². The van der Waals surface area contributed by atoms with E-state index in [0.717, 1.165) is 17.7 Å². The Morgan fingerprint density at radius 2 is 2.04 bits per heavy atom. The molecule has 0 radical (unpaired) electrons. The van der Waals surface area contributed by atoms with E-state index in [9.17, 15) is 17.6 Å². The molecule has 0 spiro atoms. The molecule has 1 heterocycles. The summed E-state index contributed by atoms with van der Waals surface area (Å²) in [6, 6.07) is 8.59. The van der Waals surface area contributed by atoms with E-state index in [-0.39, 0.29) is 6.54 Å². The molecule has 128 valence electrons. The molecular formula is C16H11ClFN3O3S. The van der Waals surface area contributed by atoms with Crippen molar-refractivity contribution in [3.8, 4) is 6.07 Å². The fraction of sp³-hybridized carbons (Fsp3) is 0.125. The zero-order chi connectivity index (χ0) is 18.4. The number of anilines is 1. The third-order valence-corrected chi connectivity index (χ3v) is 5.08. The number of halogens is 2. The number of nitrogens with two attached hydrogens (primary N) is 1. The second kappa shape index (κ2) is 6.11. The van der Waals surface area contributed by atoms with Crippen molar-refractivity contribution >= 4 is 33.2 Å². The summed E-state index contributed by atoms with van der Waals surface area (Å²) in [5, 5.41) is 13.5. The van der Waals surface area contributed by atoms with Gasteiger partial charge in [0.25, 0.3) is 5.91 Å². The lowest BCUT2D eigenvalue weighted by Crippen LogP contribution is -2.30. The molecule has 0 atom stereocenters. The van der Waals surface area contributed by atoms with Crippen LogP contribution in [0.5, 0.6) is 0 Å². The van der Waals surface area contributed by atoms with Gasteiger partial charge in [-0.05, 0) is 36.2 Å². The first-order valence-corrected chi connectivity index (χ1v) is 9.01. The first-order chi connectivity index (χ1) is 11.7. The average molecular weight is 380 g/mol. The van der Waals surface area contributed by atoms with Gasteiger partial charge in [0.15, 0.2) is 5.82 Å². The van der Waals surface area contributed by atoms with E-state index in [1.165, 1.54) is 11.0 Å². The molecule has 3 rings (SSSR count). The predicted molar refractivity (Wildman–Crippen MR) is 89.3 cm³/mol. The number of carbonyl (C=O) groups excluding carboxylic acids is 1. The van der Waals surface area contributed by atoms with E-state index in [2.05, 4.69) is 0 Å². The Balaban J connectivity index is 2.10. The maximum absolute atomic E-state index is 14.3. The van der Waals surface area contributed by atoms with Crippen LogP contribution in [0.2, 0.25) is 5.02 Å². The minimum atomic E-state index is -4.16. The summed E-state index contributed by atoms with van der Waals surface area (Å²) in [6.07, 6.45) is 0.539. The number of fused-ring (bicyclic) bond motifs is 1. The summed E-state index contributed by atoms with van der Waals surface area (Å²) in [5.41, 5.74) is 1.18. The molecule has 0 fully saturated rings. The monoisotopic (exact) mass is 379 g/mol. The quantitative estimate of drug-likeness (QED) is 0.863. The molecule has 6 nitrogen and oxygen atoms in total. The lowest BCUT2D eigenvalue weighted by molar-refractivity contribution is 0.0985. The van der Waals surface area contributed by atoms with Crippen molar-refractivity contribution in [1.29, 1.82) is 5.26 Å². The zero-order valence-electron chi connectivity index (χ0n) is 12.7. The molecule has 9 heteroatoms. The topological polar surface area (TPSA) is 104 Å². The van der Waals surface area contributed by atoms with Gasteiger partial charge in [0.2, 0.25) is 10.0 Å². The number of carbonyl (C=O) groups is 1. The standard InChI is InChI=1S/C16H11ClFN3O3S/c17-13-7-11(25(20,23)24)6-12(15(13)18)16(22)21-4-3-10-2-1-9(8-19)5-14(10)21/h1-2,5-7H,3-4H2,(H2,20,23,24). The number of nitrogens with zero attached hydrogens (tertiary/aromatic N) is 2. The number of primary sulfonamides is 1. The summed E-state index contributed by atoms with van der Waals surface area (Å²) in [4.78, 5) is 13.6. The van der Waals surface area contributed by atoms with Crippen molar-refractivity contribution in [2.75, 3.05) is 11.4 Å². The van der Waals surface area contributed by atoms with Gasteiger partial charge in [-0.3, -0.25) is 4.79 Å². The Hall–Kier alpha value is -2.47. The Labute approximate surface area is 148 Å². The summed E-state index contributed by atoms with van der Waals surface area (Å²) in [5.74, 6) is -1.78. The van der Waals surface area contributed by atoms with Gasteiger partial charge >= 0.3 is 0 Å². The van der Waals surface area contributed by atoms with Crippen LogP contribution in [-0.2, 0) is 16.4 Å². The fourth-order valence-corrected chi connectivity index (χ4v) is 3.54. The van der Waals surface area contributed by atoms with Gasteiger partial charge < -0.3 is 4.90 Å². The Bertz CT molecular complexity index is 1050. The van der Waals surface area contributed by atoms with Crippen LogP contribution in [0.25, 0.3) is 0 Å². The zero-order valence-corrected chi connectivity index (χ0v) is 14.2. The van der Waals surface area contributed by atoms with E-state index in [1.54, 1.807) is 12.1 Å². The molecule has 0 unspecified atom stereocenters. The number of rotatable bonds is 2. The first-order valence-electron chi connectivity index (χ1n) is 7.09. The maximum atomic E-state index is 14.3. The van der Waals surface area contributed by atoms with E-state index >= 15 is 0 Å². The number of sulfonamides is 1. The van der Waals surface area contributed by atoms with Crippen molar-refractivity contribution < 1.29 is 17.6 Å². The number of hydrogen-bond donors (Lipinski definition) is 1. The second-order valence-corrected chi connectivity index (χ2v) is 7.44. The van der Waals surface area contributed by atoms with Crippen LogP contribution in [0.15, 0.2) is 35.2 Å². The predicted octanol–water partition coefficient (Wildman–Crippen LogP) is 2.20. The van der Waals surface area contributed by atoms with Gasteiger partial charge in [-0.25, -0.2) is 17.9 Å². The molecule has 1 aliphatic heterocycles. The minimum Gasteiger partial charge on any atom is -0.308 e. The molecule has 2 N–H and O–H groups in total. The Morgan fingerprint density at radius 1 is 1.32 bits per heavy atom. The van der Waals surface area contributed by atoms with Crippen LogP contribution in [0.4, 0.5) is 10.1 Å². The Morgan fingerprint density at radius 3 is 2.68 bits per heavy atom. The number of hydrogen-bond acceptors (Lipinski definition) is 4. The molecule has 2 aromatic carbocycles. The number of benzene rings is 2. The largest absolute Gasteiger partial charge is 0.308 e. The molecular weight excluding hydrogens is 369 g/mol. The SMILES string of the molecule is N#Cc1ccc2c(c1)N(C(=O)c1cc(S(N)(=O)=O)cc(Cl)c1F)CC2. The normalized spacial score (nSPS) is 13.4. The van der Waals surface area contributed by atoms with Gasteiger partial charge in [-0.1, -0.05) is 17.7 Å². The van der Waals surface area contributed by atoms with Crippen LogP contribution in [0.3, 0.4) is 0 Å². The van der Waals surface area contributed by atoms with Crippen molar-refractivity contribution in [1.82, 2.24) is 0 Å². The van der Waals surface area contributed by atoms with Crippen LogP contribution >= 0.6 is 11.6 Å². The van der Waals surface area contributed by atoms with Gasteiger partial charge in [-0.15, -0.1) is 0 Å². The highest BCUT2D eigenvalue weighted by Gasteiger charge is 2.29. The number of nitriles is 1. The third kappa shape index (κ3) is 3.09. The van der Waals surface area contributed by atoms with Crippen molar-refractivity contribution in [2.45, 2.75) is 11.3 Å². The minimum absolute atomic E-state index is 0.277. The highest BCUT2D eigenvalue weighted by Crippen LogP contribution is 2.32. The van der Waals surface area contributed by atoms with Gasteiger partial charge in [0, 0.05) is 12.2 Å². The molecule has 0 aromatic heterocycles. The van der Waals surface area contributed by atoms with Gasteiger partial charge in [-0.2, -0.15) is 5.26 Å². The fourth-order valence-electron chi connectivity index (χ4n) is 2.69. The average Bonchev–Trinajstić information content (AvgIpc) is 2.98. The van der Waals surface area contributed by atoms with Crippen LogP contribution in [0.1, 0.15) is 21.5 Å². The lowest BCUT2D eigenvalue weighted by atomic mass is 10.1. The lowest BCUT2D eigenvalue weighted by Gasteiger charge is -2.18. The van der Waals surface area contributed by atoms with Crippen molar-refractivity contribution in [3.63, 3.8) is 0 Å². The molecule has 0 aliphatic carbocycles. The summed E-state index contributed by atoms with van der Waals surface area (Å²) < 4.78 is 37.3. The molecule has 0 saturated carbocycles.